The monoisotopic (exact) mass is 345 g/mol. The zero-order valence-corrected chi connectivity index (χ0v) is 14.0. The normalized spacial score (nSPS) is 10.8. The Balaban J connectivity index is 1.65. The van der Waals surface area contributed by atoms with Crippen molar-refractivity contribution in [3.05, 3.63) is 66.3 Å². The van der Waals surface area contributed by atoms with E-state index in [1.807, 2.05) is 43.3 Å². The highest BCUT2D eigenvalue weighted by molar-refractivity contribution is 5.94. The Labute approximate surface area is 149 Å². The second-order valence-electron chi connectivity index (χ2n) is 5.83. The van der Waals surface area contributed by atoms with Gasteiger partial charge in [0, 0.05) is 17.6 Å². The molecule has 0 bridgehead atoms. The molecule has 4 rings (SSSR count). The van der Waals surface area contributed by atoms with Crippen LogP contribution in [0.3, 0.4) is 0 Å². The molecule has 0 spiro atoms. The molecule has 4 aromatic rings. The van der Waals surface area contributed by atoms with Crippen molar-refractivity contribution in [1.82, 2.24) is 20.1 Å². The maximum absolute atomic E-state index is 12.4. The summed E-state index contributed by atoms with van der Waals surface area (Å²) in [6, 6.07) is 13.1. The Morgan fingerprint density at radius 1 is 1.15 bits per heavy atom. The summed E-state index contributed by atoms with van der Waals surface area (Å²) in [6.07, 6.45) is 3.16. The largest absolute Gasteiger partial charge is 0.361 e. The van der Waals surface area contributed by atoms with Gasteiger partial charge in [0.25, 0.3) is 0 Å². The van der Waals surface area contributed by atoms with E-state index in [-0.39, 0.29) is 12.3 Å². The molecule has 0 aliphatic carbocycles. The van der Waals surface area contributed by atoms with Crippen molar-refractivity contribution in [1.29, 1.82) is 0 Å². The number of benzene rings is 1. The summed E-state index contributed by atoms with van der Waals surface area (Å²) in [5.74, 6) is 1.03. The lowest BCUT2D eigenvalue weighted by Gasteiger charge is -2.08. The van der Waals surface area contributed by atoms with E-state index in [1.54, 1.807) is 12.3 Å². The van der Waals surface area contributed by atoms with Gasteiger partial charge in [0.1, 0.15) is 23.6 Å². The van der Waals surface area contributed by atoms with Gasteiger partial charge in [-0.05, 0) is 24.6 Å². The minimum atomic E-state index is -0.166. The number of pyridine rings is 1. The second-order valence-corrected chi connectivity index (χ2v) is 5.83. The van der Waals surface area contributed by atoms with E-state index < -0.39 is 0 Å². The van der Waals surface area contributed by atoms with Crippen LogP contribution in [-0.4, -0.2) is 26.0 Å². The van der Waals surface area contributed by atoms with Crippen LogP contribution >= 0.6 is 0 Å². The van der Waals surface area contributed by atoms with Gasteiger partial charge in [0.05, 0.1) is 17.6 Å². The first-order valence-electron chi connectivity index (χ1n) is 8.07. The SMILES string of the molecule is Cc1cc(-c2ccc3cccc(CC(=O)Nc4ccncn4)c3n2)no1. The van der Waals surface area contributed by atoms with Gasteiger partial charge in [0.2, 0.25) is 5.91 Å². The van der Waals surface area contributed by atoms with Gasteiger partial charge in [-0.2, -0.15) is 0 Å². The number of carbonyl (C=O) groups excluding carboxylic acids is 1. The first-order valence-corrected chi connectivity index (χ1v) is 8.07. The van der Waals surface area contributed by atoms with Crippen molar-refractivity contribution in [2.75, 3.05) is 5.32 Å². The van der Waals surface area contributed by atoms with Gasteiger partial charge in [-0.25, -0.2) is 15.0 Å². The van der Waals surface area contributed by atoms with Crippen LogP contribution in [0.15, 0.2) is 59.5 Å². The van der Waals surface area contributed by atoms with Crippen molar-refractivity contribution in [3.8, 4) is 11.4 Å². The van der Waals surface area contributed by atoms with E-state index in [0.29, 0.717) is 17.2 Å². The number of nitrogens with one attached hydrogen (secondary N) is 1. The molecule has 1 N–H and O–H groups in total. The average Bonchev–Trinajstić information content (AvgIpc) is 3.09. The van der Waals surface area contributed by atoms with Gasteiger partial charge in [-0.3, -0.25) is 4.79 Å². The number of aromatic nitrogens is 4. The standard InChI is InChI=1S/C19H15N5O2/c1-12-9-16(24-26-12)15-6-5-13-3-2-4-14(19(13)22-15)10-18(25)23-17-7-8-20-11-21-17/h2-9,11H,10H2,1H3,(H,20,21,23,25). The quantitative estimate of drug-likeness (QED) is 0.610. The third-order valence-electron chi connectivity index (χ3n) is 3.89. The summed E-state index contributed by atoms with van der Waals surface area (Å²) >= 11 is 0. The Hall–Kier alpha value is -3.61. The molecule has 0 fully saturated rings. The Morgan fingerprint density at radius 3 is 2.85 bits per heavy atom. The van der Waals surface area contributed by atoms with Crippen LogP contribution in [0.25, 0.3) is 22.3 Å². The third kappa shape index (κ3) is 3.27. The Kier molecular flexibility index (Phi) is 4.10. The van der Waals surface area contributed by atoms with Gasteiger partial charge >= 0.3 is 0 Å². The molecule has 0 unspecified atom stereocenters. The van der Waals surface area contributed by atoms with E-state index in [1.165, 1.54) is 6.33 Å². The molecular weight excluding hydrogens is 330 g/mol. The number of hydrogen-bond donors (Lipinski definition) is 1. The molecule has 0 saturated heterocycles. The second kappa shape index (κ2) is 6.72. The number of rotatable bonds is 4. The van der Waals surface area contributed by atoms with Crippen LogP contribution in [0, 0.1) is 6.92 Å². The zero-order valence-electron chi connectivity index (χ0n) is 14.0. The first kappa shape index (κ1) is 15.9. The lowest BCUT2D eigenvalue weighted by atomic mass is 10.1. The van der Waals surface area contributed by atoms with Gasteiger partial charge in [-0.15, -0.1) is 0 Å². The van der Waals surface area contributed by atoms with Crippen LogP contribution in [0.1, 0.15) is 11.3 Å². The number of carbonyl (C=O) groups is 1. The molecule has 128 valence electrons. The molecule has 0 atom stereocenters. The molecule has 26 heavy (non-hydrogen) atoms. The average molecular weight is 345 g/mol. The fourth-order valence-electron chi connectivity index (χ4n) is 2.71. The fraction of sp³-hybridized carbons (Fsp3) is 0.105. The van der Waals surface area contributed by atoms with Crippen LogP contribution in [0.4, 0.5) is 5.82 Å². The van der Waals surface area contributed by atoms with Crippen molar-refractivity contribution < 1.29 is 9.32 Å². The number of para-hydroxylation sites is 1. The maximum atomic E-state index is 12.4. The molecular formula is C19H15N5O2. The molecule has 0 aliphatic heterocycles. The lowest BCUT2D eigenvalue weighted by molar-refractivity contribution is -0.115. The zero-order chi connectivity index (χ0) is 17.9. The smallest absolute Gasteiger partial charge is 0.230 e. The molecule has 0 aliphatic rings. The molecule has 1 aromatic carbocycles. The molecule has 3 aromatic heterocycles. The number of hydrogen-bond acceptors (Lipinski definition) is 6. The minimum Gasteiger partial charge on any atom is -0.361 e. The van der Waals surface area contributed by atoms with Gasteiger partial charge in [0.15, 0.2) is 0 Å². The minimum absolute atomic E-state index is 0.166. The molecule has 0 saturated carbocycles. The van der Waals surface area contributed by atoms with E-state index >= 15 is 0 Å². The van der Waals surface area contributed by atoms with E-state index in [9.17, 15) is 4.79 Å². The topological polar surface area (TPSA) is 93.8 Å². The molecule has 1 amide bonds. The Morgan fingerprint density at radius 2 is 2.08 bits per heavy atom. The highest BCUT2D eigenvalue weighted by atomic mass is 16.5. The van der Waals surface area contributed by atoms with Crippen molar-refractivity contribution in [3.63, 3.8) is 0 Å². The van der Waals surface area contributed by atoms with Crippen LogP contribution in [0.5, 0.6) is 0 Å². The van der Waals surface area contributed by atoms with Gasteiger partial charge in [-0.1, -0.05) is 29.4 Å². The summed E-state index contributed by atoms with van der Waals surface area (Å²) in [4.78, 5) is 24.9. The summed E-state index contributed by atoms with van der Waals surface area (Å²) in [6.45, 7) is 1.83. The van der Waals surface area contributed by atoms with E-state index in [2.05, 4.69) is 20.4 Å². The number of nitrogens with zero attached hydrogens (tertiary/aromatic N) is 4. The summed E-state index contributed by atoms with van der Waals surface area (Å²) in [7, 11) is 0. The number of anilines is 1. The summed E-state index contributed by atoms with van der Waals surface area (Å²) in [5, 5.41) is 7.73. The maximum Gasteiger partial charge on any atom is 0.230 e. The number of amides is 1. The van der Waals surface area contributed by atoms with Crippen LogP contribution in [-0.2, 0) is 11.2 Å². The van der Waals surface area contributed by atoms with E-state index in [4.69, 9.17) is 9.51 Å². The predicted molar refractivity (Wildman–Crippen MR) is 96.3 cm³/mol. The van der Waals surface area contributed by atoms with Crippen LogP contribution in [0.2, 0.25) is 0 Å². The third-order valence-corrected chi connectivity index (χ3v) is 3.89. The lowest BCUT2D eigenvalue weighted by Crippen LogP contribution is -2.15. The number of aryl methyl sites for hydroxylation is 1. The number of fused-ring (bicyclic) bond motifs is 1. The van der Waals surface area contributed by atoms with E-state index in [0.717, 1.165) is 22.2 Å². The summed E-state index contributed by atoms with van der Waals surface area (Å²) in [5.41, 5.74) is 2.97. The molecule has 3 heterocycles. The van der Waals surface area contributed by atoms with Crippen molar-refractivity contribution in [2.24, 2.45) is 0 Å². The molecule has 7 nitrogen and oxygen atoms in total. The van der Waals surface area contributed by atoms with Crippen molar-refractivity contribution >= 4 is 22.6 Å². The van der Waals surface area contributed by atoms with Crippen LogP contribution < -0.4 is 5.32 Å². The summed E-state index contributed by atoms with van der Waals surface area (Å²) < 4.78 is 5.13. The molecule has 0 radical (unpaired) electrons. The Bertz CT molecular complexity index is 1080. The molecule has 7 heteroatoms. The first-order chi connectivity index (χ1) is 12.7. The predicted octanol–water partition coefficient (Wildman–Crippen LogP) is 3.17. The fourth-order valence-corrected chi connectivity index (χ4v) is 2.71. The highest BCUT2D eigenvalue weighted by Gasteiger charge is 2.12. The van der Waals surface area contributed by atoms with Crippen molar-refractivity contribution in [2.45, 2.75) is 13.3 Å². The highest BCUT2D eigenvalue weighted by Crippen LogP contribution is 2.23. The van der Waals surface area contributed by atoms with Gasteiger partial charge < -0.3 is 9.84 Å².